The first-order chi connectivity index (χ1) is 12.6. The molecule has 1 aromatic rings. The zero-order valence-electron chi connectivity index (χ0n) is 14.9. The van der Waals surface area contributed by atoms with Crippen molar-refractivity contribution in [3.05, 3.63) is 16.1 Å². The zero-order chi connectivity index (χ0) is 19.8. The third-order valence-corrected chi connectivity index (χ3v) is 6.10. The fourth-order valence-corrected chi connectivity index (χ4v) is 4.02. The third kappa shape index (κ3) is 4.43. The molecule has 1 aliphatic carbocycles. The number of halogens is 3. The summed E-state index contributed by atoms with van der Waals surface area (Å²) in [6, 6.07) is 0.251. The molecule has 1 aromatic heterocycles. The average molecular weight is 405 g/mol. The monoisotopic (exact) mass is 405 g/mol. The Bertz CT molecular complexity index is 712. The zero-order valence-corrected chi connectivity index (χ0v) is 15.7. The molecule has 2 aliphatic rings. The summed E-state index contributed by atoms with van der Waals surface area (Å²) in [7, 11) is 0. The molecule has 1 atom stereocenters. The van der Waals surface area contributed by atoms with Crippen LogP contribution in [-0.2, 0) is 15.2 Å². The number of piperidine rings is 1. The topological polar surface area (TPSA) is 82.5 Å². The van der Waals surface area contributed by atoms with E-state index in [0.29, 0.717) is 29.9 Å². The van der Waals surface area contributed by atoms with Crippen molar-refractivity contribution in [3.63, 3.8) is 0 Å². The van der Waals surface area contributed by atoms with Crippen LogP contribution in [0, 0.1) is 12.8 Å². The van der Waals surface area contributed by atoms with Crippen molar-refractivity contribution in [2.75, 3.05) is 13.1 Å². The second-order valence-electron chi connectivity index (χ2n) is 7.27. The fraction of sp³-hybridized carbons (Fsp3) is 0.706. The molecule has 2 amide bonds. The van der Waals surface area contributed by atoms with Gasteiger partial charge >= 0.3 is 6.18 Å². The number of carbonyl (C=O) groups is 2. The number of carbonyl (C=O) groups excluding carboxylic acids is 2. The average Bonchev–Trinajstić information content (AvgIpc) is 3.30. The first kappa shape index (κ1) is 20.1. The molecule has 150 valence electrons. The standard InChI is InChI=1S/C17H22F3N3O3S/c1-10-9-27-15(21-10)16(26,17(18,19)20)8-13(24)23-6-4-11(5-7-23)14(25)22-12-2-3-12/h9,11-12,26H,2-8H2,1H3,(H,22,25). The van der Waals surface area contributed by atoms with Crippen LogP contribution in [0.15, 0.2) is 5.38 Å². The number of nitrogens with one attached hydrogen (secondary N) is 1. The quantitative estimate of drug-likeness (QED) is 0.786. The van der Waals surface area contributed by atoms with Gasteiger partial charge in [-0.25, -0.2) is 4.98 Å². The molecule has 1 saturated carbocycles. The maximum Gasteiger partial charge on any atom is 0.424 e. The lowest BCUT2D eigenvalue weighted by molar-refractivity contribution is -0.268. The molecule has 0 radical (unpaired) electrons. The van der Waals surface area contributed by atoms with Crippen LogP contribution in [0.4, 0.5) is 13.2 Å². The minimum atomic E-state index is -5.02. The molecule has 27 heavy (non-hydrogen) atoms. The number of aromatic nitrogens is 1. The van der Waals surface area contributed by atoms with Gasteiger partial charge in [0.1, 0.15) is 5.01 Å². The van der Waals surface area contributed by atoms with Crippen LogP contribution in [0.2, 0.25) is 0 Å². The fourth-order valence-electron chi connectivity index (χ4n) is 3.11. The molecule has 2 heterocycles. The maximum atomic E-state index is 13.5. The van der Waals surface area contributed by atoms with Gasteiger partial charge in [0.25, 0.3) is 0 Å². The summed E-state index contributed by atoms with van der Waals surface area (Å²) in [5.74, 6) is -1.06. The largest absolute Gasteiger partial charge is 0.424 e. The van der Waals surface area contributed by atoms with E-state index >= 15 is 0 Å². The van der Waals surface area contributed by atoms with E-state index in [1.807, 2.05) is 0 Å². The molecule has 0 bridgehead atoms. The number of rotatable bonds is 5. The van der Waals surface area contributed by atoms with Gasteiger partial charge < -0.3 is 15.3 Å². The van der Waals surface area contributed by atoms with Gasteiger partial charge in [0.2, 0.25) is 17.4 Å². The van der Waals surface area contributed by atoms with Crippen LogP contribution in [0.25, 0.3) is 0 Å². The number of thiazole rings is 1. The number of amides is 2. The number of hydrogen-bond acceptors (Lipinski definition) is 5. The molecule has 2 fully saturated rings. The summed E-state index contributed by atoms with van der Waals surface area (Å²) >= 11 is 0.683. The van der Waals surface area contributed by atoms with Crippen molar-refractivity contribution in [1.29, 1.82) is 0 Å². The van der Waals surface area contributed by atoms with Crippen molar-refractivity contribution in [2.24, 2.45) is 5.92 Å². The van der Waals surface area contributed by atoms with Crippen molar-refractivity contribution in [3.8, 4) is 0 Å². The van der Waals surface area contributed by atoms with Crippen molar-refractivity contribution in [1.82, 2.24) is 15.2 Å². The number of aryl methyl sites for hydroxylation is 1. The van der Waals surface area contributed by atoms with E-state index in [-0.39, 0.29) is 31.0 Å². The molecule has 0 spiro atoms. The number of likely N-dealkylation sites (tertiary alicyclic amines) is 1. The molecule has 1 unspecified atom stereocenters. The lowest BCUT2D eigenvalue weighted by atomic mass is 9.94. The van der Waals surface area contributed by atoms with Crippen LogP contribution < -0.4 is 5.32 Å². The SMILES string of the molecule is Cc1csc(C(O)(CC(=O)N2CCC(C(=O)NC3CC3)CC2)C(F)(F)F)n1. The second-order valence-corrected chi connectivity index (χ2v) is 8.12. The summed E-state index contributed by atoms with van der Waals surface area (Å²) in [4.78, 5) is 29.5. The van der Waals surface area contributed by atoms with E-state index in [2.05, 4.69) is 10.3 Å². The van der Waals surface area contributed by atoms with Gasteiger partial charge in [-0.3, -0.25) is 9.59 Å². The highest BCUT2D eigenvalue weighted by Gasteiger charge is 2.58. The van der Waals surface area contributed by atoms with Crippen molar-refractivity contribution in [2.45, 2.75) is 56.8 Å². The molecule has 1 aliphatic heterocycles. The Morgan fingerprint density at radius 3 is 2.41 bits per heavy atom. The van der Waals surface area contributed by atoms with Crippen LogP contribution in [0.3, 0.4) is 0 Å². The number of hydrogen-bond donors (Lipinski definition) is 2. The van der Waals surface area contributed by atoms with Gasteiger partial charge in [0.15, 0.2) is 0 Å². The van der Waals surface area contributed by atoms with E-state index in [1.165, 1.54) is 17.2 Å². The smallest absolute Gasteiger partial charge is 0.374 e. The maximum absolute atomic E-state index is 13.5. The molecule has 2 N–H and O–H groups in total. The van der Waals surface area contributed by atoms with Crippen LogP contribution in [-0.4, -0.2) is 52.1 Å². The molecule has 6 nitrogen and oxygen atoms in total. The summed E-state index contributed by atoms with van der Waals surface area (Å²) < 4.78 is 40.5. The minimum absolute atomic E-state index is 0.0466. The molecule has 0 aromatic carbocycles. The van der Waals surface area contributed by atoms with Crippen molar-refractivity contribution >= 4 is 23.2 Å². The highest BCUT2D eigenvalue weighted by molar-refractivity contribution is 7.09. The van der Waals surface area contributed by atoms with Gasteiger partial charge in [0.05, 0.1) is 6.42 Å². The van der Waals surface area contributed by atoms with Gasteiger partial charge in [-0.2, -0.15) is 13.2 Å². The Kier molecular flexibility index (Phi) is 5.49. The summed E-state index contributed by atoms with van der Waals surface area (Å²) in [5.41, 5.74) is -2.95. The Labute approximate surface area is 158 Å². The molecular weight excluding hydrogens is 383 g/mol. The Balaban J connectivity index is 1.62. The highest BCUT2D eigenvalue weighted by atomic mass is 32.1. The third-order valence-electron chi connectivity index (χ3n) is 4.99. The number of nitrogens with zero attached hydrogens (tertiary/aromatic N) is 2. The van der Waals surface area contributed by atoms with Crippen molar-refractivity contribution < 1.29 is 27.9 Å². The second kappa shape index (κ2) is 7.38. The Hall–Kier alpha value is -1.68. The predicted molar refractivity (Wildman–Crippen MR) is 91.9 cm³/mol. The first-order valence-electron chi connectivity index (χ1n) is 8.90. The molecular formula is C17H22F3N3O3S. The van der Waals surface area contributed by atoms with Crippen LogP contribution >= 0.6 is 11.3 Å². The van der Waals surface area contributed by atoms with E-state index in [1.54, 1.807) is 0 Å². The summed E-state index contributed by atoms with van der Waals surface area (Å²) in [6.45, 7) is 1.93. The van der Waals surface area contributed by atoms with Crippen LogP contribution in [0.1, 0.15) is 42.8 Å². The lowest BCUT2D eigenvalue weighted by Crippen LogP contribution is -2.49. The molecule has 1 saturated heterocycles. The number of aliphatic hydroxyl groups is 1. The van der Waals surface area contributed by atoms with Gasteiger partial charge in [-0.05, 0) is 32.6 Å². The Morgan fingerprint density at radius 2 is 1.93 bits per heavy atom. The summed E-state index contributed by atoms with van der Waals surface area (Å²) in [6.07, 6.45) is -3.35. The van der Waals surface area contributed by atoms with Crippen LogP contribution in [0.5, 0.6) is 0 Å². The Morgan fingerprint density at radius 1 is 1.30 bits per heavy atom. The summed E-state index contributed by atoms with van der Waals surface area (Å²) in [5, 5.41) is 14.1. The van der Waals surface area contributed by atoms with Gasteiger partial charge in [-0.1, -0.05) is 0 Å². The molecule has 3 rings (SSSR count). The molecule has 10 heteroatoms. The van der Waals surface area contributed by atoms with Gasteiger partial charge in [0, 0.05) is 36.1 Å². The first-order valence-corrected chi connectivity index (χ1v) is 9.78. The van der Waals surface area contributed by atoms with E-state index in [9.17, 15) is 27.9 Å². The van der Waals surface area contributed by atoms with E-state index in [4.69, 9.17) is 0 Å². The predicted octanol–water partition coefficient (Wildman–Crippen LogP) is 2.11. The minimum Gasteiger partial charge on any atom is -0.374 e. The van der Waals surface area contributed by atoms with Gasteiger partial charge in [-0.15, -0.1) is 11.3 Å². The van der Waals surface area contributed by atoms with E-state index < -0.39 is 29.1 Å². The normalized spacial score (nSPS) is 21.0. The van der Waals surface area contributed by atoms with E-state index in [0.717, 1.165) is 12.8 Å². The lowest BCUT2D eigenvalue weighted by Gasteiger charge is -2.34. The highest BCUT2D eigenvalue weighted by Crippen LogP contribution is 2.43. The number of alkyl halides is 3.